The molecule has 1 N–H and O–H groups in total. The van der Waals surface area contributed by atoms with Crippen molar-refractivity contribution in [3.63, 3.8) is 0 Å². The smallest absolute Gasteiger partial charge is 0.338 e. The van der Waals surface area contributed by atoms with Gasteiger partial charge in [-0.15, -0.1) is 0 Å². The van der Waals surface area contributed by atoms with Gasteiger partial charge in [0.25, 0.3) is 6.43 Å². The second kappa shape index (κ2) is 9.77. The summed E-state index contributed by atoms with van der Waals surface area (Å²) in [7, 11) is 1.29. The van der Waals surface area contributed by atoms with Crippen molar-refractivity contribution < 1.29 is 28.0 Å². The van der Waals surface area contributed by atoms with Crippen LogP contribution in [0, 0.1) is 30.9 Å². The molecule has 0 bridgehead atoms. The van der Waals surface area contributed by atoms with Crippen LogP contribution in [0.3, 0.4) is 0 Å². The lowest BCUT2D eigenvalue weighted by atomic mass is 10.1. The van der Waals surface area contributed by atoms with Crippen molar-refractivity contribution >= 4 is 23.3 Å². The van der Waals surface area contributed by atoms with Crippen LogP contribution in [0.4, 0.5) is 20.2 Å². The number of esters is 1. The maximum atomic E-state index is 13.1. The Morgan fingerprint density at radius 3 is 2.41 bits per heavy atom. The quantitative estimate of drug-likeness (QED) is 0.299. The lowest BCUT2D eigenvalue weighted by molar-refractivity contribution is -0.386. The van der Waals surface area contributed by atoms with Crippen LogP contribution >= 0.6 is 0 Å². The highest BCUT2D eigenvalue weighted by molar-refractivity contribution is 5.92. The number of carbonyl (C=O) groups is 2. The number of alkyl halides is 2. The number of nitrogens with zero attached hydrogens (tertiary/aromatic N) is 5. The predicted octanol–water partition coefficient (Wildman–Crippen LogP) is 3.32. The third-order valence-corrected chi connectivity index (χ3v) is 5.27. The largest absolute Gasteiger partial charge is 0.465 e. The molecule has 3 rings (SSSR count). The number of benzene rings is 1. The first-order valence-electron chi connectivity index (χ1n) is 10.0. The molecule has 0 aliphatic heterocycles. The molecule has 0 unspecified atom stereocenters. The molecule has 0 saturated carbocycles. The van der Waals surface area contributed by atoms with Gasteiger partial charge in [-0.05, 0) is 32.4 Å². The second-order valence-corrected chi connectivity index (χ2v) is 7.44. The Hall–Kier alpha value is -4.16. The molecule has 0 fully saturated rings. The van der Waals surface area contributed by atoms with Gasteiger partial charge in [0.05, 0.1) is 41.2 Å². The van der Waals surface area contributed by atoms with Crippen LogP contribution in [-0.2, 0) is 22.6 Å². The van der Waals surface area contributed by atoms with Gasteiger partial charge in [-0.2, -0.15) is 10.2 Å². The maximum Gasteiger partial charge on any atom is 0.338 e. The van der Waals surface area contributed by atoms with Crippen molar-refractivity contribution in [3.8, 4) is 0 Å². The molecule has 0 atom stereocenters. The van der Waals surface area contributed by atoms with Crippen LogP contribution in [0.25, 0.3) is 0 Å². The summed E-state index contributed by atoms with van der Waals surface area (Å²) in [4.78, 5) is 34.9. The SMILES string of the molecule is COC(=O)c1ccccc1Cn1nc(C)c(NC(=O)Cn2nc(C(F)F)c([N+](=O)[O-])c2C)c1C. The molecule has 34 heavy (non-hydrogen) atoms. The zero-order valence-corrected chi connectivity index (χ0v) is 18.8. The molecule has 0 aliphatic rings. The molecule has 1 amide bonds. The number of nitro groups is 1. The van der Waals surface area contributed by atoms with E-state index in [1.165, 1.54) is 14.0 Å². The number of hydrogen-bond acceptors (Lipinski definition) is 7. The molecular formula is C21H22F2N6O5. The number of nitrogens with one attached hydrogen (secondary N) is 1. The summed E-state index contributed by atoms with van der Waals surface area (Å²) in [6.07, 6.45) is -3.15. The minimum atomic E-state index is -3.15. The Balaban J connectivity index is 1.82. The molecule has 2 aromatic heterocycles. The second-order valence-electron chi connectivity index (χ2n) is 7.44. The van der Waals surface area contributed by atoms with Gasteiger partial charge in [0, 0.05) is 0 Å². The number of rotatable bonds is 8. The van der Waals surface area contributed by atoms with Gasteiger partial charge in [0.15, 0.2) is 0 Å². The van der Waals surface area contributed by atoms with Crippen LogP contribution in [-0.4, -0.2) is 43.5 Å². The first kappa shape index (κ1) is 24.5. The Morgan fingerprint density at radius 1 is 1.15 bits per heavy atom. The third kappa shape index (κ3) is 4.77. The maximum absolute atomic E-state index is 13.1. The molecule has 11 nitrogen and oxygen atoms in total. The van der Waals surface area contributed by atoms with Crippen molar-refractivity contribution in [1.82, 2.24) is 19.6 Å². The van der Waals surface area contributed by atoms with E-state index in [0.29, 0.717) is 28.2 Å². The number of methoxy groups -OCH3 is 1. The number of carbonyl (C=O) groups excluding carboxylic acids is 2. The highest BCUT2D eigenvalue weighted by Crippen LogP contribution is 2.31. The fraction of sp³-hybridized carbons (Fsp3) is 0.333. The van der Waals surface area contributed by atoms with Gasteiger partial charge in [-0.25, -0.2) is 13.6 Å². The Kier molecular flexibility index (Phi) is 7.03. The Labute approximate surface area is 192 Å². The fourth-order valence-corrected chi connectivity index (χ4v) is 3.56. The van der Waals surface area contributed by atoms with E-state index in [4.69, 9.17) is 4.74 Å². The monoisotopic (exact) mass is 476 g/mol. The Bertz CT molecular complexity index is 1270. The highest BCUT2D eigenvalue weighted by atomic mass is 19.3. The summed E-state index contributed by atoms with van der Waals surface area (Å²) < 4.78 is 33.6. The van der Waals surface area contributed by atoms with E-state index in [2.05, 4.69) is 15.5 Å². The molecule has 0 radical (unpaired) electrons. The summed E-state index contributed by atoms with van der Waals surface area (Å²) in [5.74, 6) is -1.11. The first-order chi connectivity index (χ1) is 16.0. The van der Waals surface area contributed by atoms with Crippen LogP contribution < -0.4 is 5.32 Å². The highest BCUT2D eigenvalue weighted by Gasteiger charge is 2.31. The van der Waals surface area contributed by atoms with E-state index < -0.39 is 41.2 Å². The van der Waals surface area contributed by atoms with Gasteiger partial charge in [0.2, 0.25) is 11.6 Å². The topological polar surface area (TPSA) is 134 Å². The van der Waals surface area contributed by atoms with E-state index >= 15 is 0 Å². The summed E-state index contributed by atoms with van der Waals surface area (Å²) in [6, 6.07) is 6.88. The molecule has 2 heterocycles. The lowest BCUT2D eigenvalue weighted by Crippen LogP contribution is -2.21. The standard InChI is InChI=1S/C21H22F2N6O5/c1-11-17(12(2)27(25-11)9-14-7-5-6-8-15(14)21(31)34-4)24-16(30)10-28-13(3)19(29(32)33)18(26-28)20(22)23/h5-8,20H,9-10H2,1-4H3,(H,24,30). The van der Waals surface area contributed by atoms with Crippen LogP contribution in [0.1, 0.15) is 45.1 Å². The van der Waals surface area contributed by atoms with E-state index in [0.717, 1.165) is 4.68 Å². The minimum Gasteiger partial charge on any atom is -0.465 e. The van der Waals surface area contributed by atoms with Crippen molar-refractivity contribution in [1.29, 1.82) is 0 Å². The molecule has 0 aliphatic carbocycles. The van der Waals surface area contributed by atoms with Crippen molar-refractivity contribution in [2.75, 3.05) is 12.4 Å². The Morgan fingerprint density at radius 2 is 1.82 bits per heavy atom. The van der Waals surface area contributed by atoms with E-state index in [1.54, 1.807) is 42.8 Å². The minimum absolute atomic E-state index is 0.154. The normalized spacial score (nSPS) is 11.0. The van der Waals surface area contributed by atoms with E-state index in [1.807, 2.05) is 0 Å². The van der Waals surface area contributed by atoms with Gasteiger partial charge in [-0.1, -0.05) is 18.2 Å². The number of halogens is 2. The van der Waals surface area contributed by atoms with Crippen LogP contribution in [0.2, 0.25) is 0 Å². The van der Waals surface area contributed by atoms with E-state index in [-0.39, 0.29) is 12.2 Å². The van der Waals surface area contributed by atoms with Crippen LogP contribution in [0.5, 0.6) is 0 Å². The third-order valence-electron chi connectivity index (χ3n) is 5.27. The predicted molar refractivity (Wildman–Crippen MR) is 116 cm³/mol. The molecule has 1 aromatic carbocycles. The number of aromatic nitrogens is 4. The van der Waals surface area contributed by atoms with Crippen molar-refractivity contribution in [2.45, 2.75) is 40.3 Å². The molecule has 13 heteroatoms. The molecule has 3 aromatic rings. The molecular weight excluding hydrogens is 454 g/mol. The van der Waals surface area contributed by atoms with Gasteiger partial charge < -0.3 is 10.1 Å². The fourth-order valence-electron chi connectivity index (χ4n) is 3.56. The number of hydrogen-bond donors (Lipinski definition) is 1. The first-order valence-corrected chi connectivity index (χ1v) is 10.0. The number of anilines is 1. The van der Waals surface area contributed by atoms with Gasteiger partial charge in [-0.3, -0.25) is 24.3 Å². The van der Waals surface area contributed by atoms with Gasteiger partial charge >= 0.3 is 11.7 Å². The average Bonchev–Trinajstić information content (AvgIpc) is 3.25. The summed E-state index contributed by atoms with van der Waals surface area (Å²) in [6.45, 7) is 4.36. The summed E-state index contributed by atoms with van der Waals surface area (Å²) >= 11 is 0. The van der Waals surface area contributed by atoms with Crippen LogP contribution in [0.15, 0.2) is 24.3 Å². The number of aryl methyl sites for hydroxylation is 1. The molecule has 0 saturated heterocycles. The van der Waals surface area contributed by atoms with E-state index in [9.17, 15) is 28.5 Å². The summed E-state index contributed by atoms with van der Waals surface area (Å²) in [5.41, 5.74) is 0.560. The lowest BCUT2D eigenvalue weighted by Gasteiger charge is -2.10. The summed E-state index contributed by atoms with van der Waals surface area (Å²) in [5, 5.41) is 21.8. The van der Waals surface area contributed by atoms with Crippen molar-refractivity contribution in [2.24, 2.45) is 0 Å². The van der Waals surface area contributed by atoms with Crippen molar-refractivity contribution in [3.05, 3.63) is 68.3 Å². The number of amides is 1. The number of ether oxygens (including phenoxy) is 1. The zero-order chi connectivity index (χ0) is 25.2. The van der Waals surface area contributed by atoms with Gasteiger partial charge in [0.1, 0.15) is 12.2 Å². The average molecular weight is 476 g/mol. The molecule has 180 valence electrons. The zero-order valence-electron chi connectivity index (χ0n) is 18.8. The molecule has 0 spiro atoms.